The van der Waals surface area contributed by atoms with Crippen molar-refractivity contribution in [2.24, 2.45) is 0 Å². The largest absolute Gasteiger partial charge is 0.467 e. The lowest BCUT2D eigenvalue weighted by Gasteiger charge is -2.01. The van der Waals surface area contributed by atoms with Crippen molar-refractivity contribution in [1.82, 2.24) is 14.9 Å². The Labute approximate surface area is 115 Å². The van der Waals surface area contributed by atoms with Crippen molar-refractivity contribution in [3.63, 3.8) is 0 Å². The second-order valence-corrected chi connectivity index (χ2v) is 4.26. The number of imidazole rings is 1. The summed E-state index contributed by atoms with van der Waals surface area (Å²) >= 11 is 0. The molecule has 0 spiro atoms. The topological polar surface area (TPSA) is 60.1 Å². The molecule has 0 atom stereocenters. The number of nitrogens with zero attached hydrogens (tertiary/aromatic N) is 2. The number of benzene rings is 1. The molecule has 0 radical (unpaired) electrons. The molecule has 0 saturated carbocycles. The molecule has 0 fully saturated rings. The molecular formula is C15H13N3O2. The number of carbonyl (C=O) groups excluding carboxylic acids is 1. The van der Waals surface area contributed by atoms with Gasteiger partial charge in [0.2, 0.25) is 0 Å². The molecule has 0 aliphatic heterocycles. The average molecular weight is 267 g/mol. The van der Waals surface area contributed by atoms with Gasteiger partial charge in [0.25, 0.3) is 5.91 Å². The minimum absolute atomic E-state index is 0.226. The van der Waals surface area contributed by atoms with Crippen LogP contribution in [0.5, 0.6) is 0 Å². The first-order valence-electron chi connectivity index (χ1n) is 6.23. The van der Waals surface area contributed by atoms with Gasteiger partial charge < -0.3 is 14.3 Å². The maximum absolute atomic E-state index is 12.0. The Morgan fingerprint density at radius 2 is 2.05 bits per heavy atom. The lowest BCUT2D eigenvalue weighted by molar-refractivity contribution is 0.0943. The van der Waals surface area contributed by atoms with Gasteiger partial charge in [0, 0.05) is 11.9 Å². The summed E-state index contributed by atoms with van der Waals surface area (Å²) in [4.78, 5) is 16.1. The third-order valence-electron chi connectivity index (χ3n) is 2.87. The molecular weight excluding hydrogens is 254 g/mol. The lowest BCUT2D eigenvalue weighted by atomic mass is 10.3. The molecule has 0 saturated heterocycles. The van der Waals surface area contributed by atoms with Crippen molar-refractivity contribution >= 4 is 5.91 Å². The molecule has 3 aromatic rings. The first-order valence-corrected chi connectivity index (χ1v) is 6.23. The molecule has 1 N–H and O–H groups in total. The number of furan rings is 1. The van der Waals surface area contributed by atoms with E-state index in [0.717, 1.165) is 5.69 Å². The maximum Gasteiger partial charge on any atom is 0.271 e. The van der Waals surface area contributed by atoms with Crippen molar-refractivity contribution in [2.75, 3.05) is 0 Å². The number of carbonyl (C=O) groups is 1. The van der Waals surface area contributed by atoms with Gasteiger partial charge in [-0.05, 0) is 24.3 Å². The summed E-state index contributed by atoms with van der Waals surface area (Å²) in [5.41, 5.74) is 1.34. The number of rotatable bonds is 4. The van der Waals surface area contributed by atoms with Crippen LogP contribution in [-0.2, 0) is 6.54 Å². The molecule has 5 nitrogen and oxygen atoms in total. The van der Waals surface area contributed by atoms with E-state index in [-0.39, 0.29) is 5.91 Å². The second-order valence-electron chi connectivity index (χ2n) is 4.26. The van der Waals surface area contributed by atoms with E-state index in [1.54, 1.807) is 24.9 Å². The average Bonchev–Trinajstić information content (AvgIpc) is 3.17. The van der Waals surface area contributed by atoms with Gasteiger partial charge in [0.05, 0.1) is 12.8 Å². The summed E-state index contributed by atoms with van der Waals surface area (Å²) in [5.74, 6) is 0.483. The molecule has 0 aliphatic carbocycles. The van der Waals surface area contributed by atoms with Crippen LogP contribution in [0.25, 0.3) is 5.69 Å². The van der Waals surface area contributed by atoms with Gasteiger partial charge in [0.15, 0.2) is 0 Å². The number of para-hydroxylation sites is 1. The molecule has 0 bridgehead atoms. The van der Waals surface area contributed by atoms with Crippen LogP contribution in [-0.4, -0.2) is 15.5 Å². The van der Waals surface area contributed by atoms with Crippen LogP contribution >= 0.6 is 0 Å². The zero-order valence-electron chi connectivity index (χ0n) is 10.7. The van der Waals surface area contributed by atoms with Crippen LogP contribution in [0.15, 0.2) is 65.7 Å². The monoisotopic (exact) mass is 267 g/mol. The number of aromatic nitrogens is 2. The Bertz CT molecular complexity index is 687. The minimum atomic E-state index is -0.226. The minimum Gasteiger partial charge on any atom is -0.467 e. The van der Waals surface area contributed by atoms with Gasteiger partial charge in [-0.2, -0.15) is 0 Å². The fourth-order valence-corrected chi connectivity index (χ4v) is 1.85. The quantitative estimate of drug-likeness (QED) is 0.789. The second kappa shape index (κ2) is 5.44. The molecule has 1 aromatic carbocycles. The van der Waals surface area contributed by atoms with Gasteiger partial charge in [-0.3, -0.25) is 4.79 Å². The van der Waals surface area contributed by atoms with Crippen LogP contribution in [0.2, 0.25) is 0 Å². The van der Waals surface area contributed by atoms with E-state index in [0.29, 0.717) is 18.0 Å². The van der Waals surface area contributed by atoms with Crippen LogP contribution in [0, 0.1) is 0 Å². The summed E-state index contributed by atoms with van der Waals surface area (Å²) in [6.07, 6.45) is 4.90. The fraction of sp³-hybridized carbons (Fsp3) is 0.0667. The normalized spacial score (nSPS) is 10.4. The Balaban J connectivity index is 1.69. The predicted molar refractivity (Wildman–Crippen MR) is 73.4 cm³/mol. The van der Waals surface area contributed by atoms with Crippen molar-refractivity contribution in [3.8, 4) is 5.69 Å². The molecule has 2 heterocycles. The molecule has 0 unspecified atom stereocenters. The van der Waals surface area contributed by atoms with E-state index in [1.807, 2.05) is 41.0 Å². The van der Waals surface area contributed by atoms with Crippen molar-refractivity contribution in [3.05, 3.63) is 72.7 Å². The first-order chi connectivity index (χ1) is 9.83. The molecule has 0 aliphatic rings. The fourth-order valence-electron chi connectivity index (χ4n) is 1.85. The van der Waals surface area contributed by atoms with E-state index in [4.69, 9.17) is 4.42 Å². The summed E-state index contributed by atoms with van der Waals surface area (Å²) < 4.78 is 6.96. The van der Waals surface area contributed by atoms with E-state index >= 15 is 0 Å². The predicted octanol–water partition coefficient (Wildman–Crippen LogP) is 2.40. The van der Waals surface area contributed by atoms with E-state index in [2.05, 4.69) is 10.3 Å². The standard InChI is InChI=1S/C15H13N3O2/c19-15(16-9-13-7-4-8-20-13)14-10-18(11-17-14)12-5-2-1-3-6-12/h1-8,10-11H,9H2,(H,16,19). The van der Waals surface area contributed by atoms with Gasteiger partial charge in [-0.15, -0.1) is 0 Å². The molecule has 3 rings (SSSR count). The first kappa shape index (κ1) is 12.2. The van der Waals surface area contributed by atoms with Crippen LogP contribution < -0.4 is 5.32 Å². The molecule has 2 aromatic heterocycles. The zero-order chi connectivity index (χ0) is 13.8. The van der Waals surface area contributed by atoms with Crippen molar-refractivity contribution in [2.45, 2.75) is 6.54 Å². The van der Waals surface area contributed by atoms with Gasteiger partial charge in [-0.1, -0.05) is 18.2 Å². The number of nitrogens with one attached hydrogen (secondary N) is 1. The van der Waals surface area contributed by atoms with Crippen LogP contribution in [0.4, 0.5) is 0 Å². The number of hydrogen-bond acceptors (Lipinski definition) is 3. The SMILES string of the molecule is O=C(NCc1ccco1)c1cn(-c2ccccc2)cn1. The van der Waals surface area contributed by atoms with E-state index in [1.165, 1.54) is 0 Å². The van der Waals surface area contributed by atoms with Gasteiger partial charge >= 0.3 is 0 Å². The third-order valence-corrected chi connectivity index (χ3v) is 2.87. The van der Waals surface area contributed by atoms with Crippen molar-refractivity contribution < 1.29 is 9.21 Å². The Morgan fingerprint density at radius 1 is 1.20 bits per heavy atom. The van der Waals surface area contributed by atoms with Gasteiger partial charge in [-0.25, -0.2) is 4.98 Å². The summed E-state index contributed by atoms with van der Waals surface area (Å²) in [6.45, 7) is 0.351. The Morgan fingerprint density at radius 3 is 2.80 bits per heavy atom. The highest BCUT2D eigenvalue weighted by molar-refractivity contribution is 5.92. The highest BCUT2D eigenvalue weighted by atomic mass is 16.3. The number of amides is 1. The summed E-state index contributed by atoms with van der Waals surface area (Å²) in [7, 11) is 0. The van der Waals surface area contributed by atoms with Crippen molar-refractivity contribution in [1.29, 1.82) is 0 Å². The lowest BCUT2D eigenvalue weighted by Crippen LogP contribution is -2.22. The Hall–Kier alpha value is -2.82. The smallest absolute Gasteiger partial charge is 0.271 e. The zero-order valence-corrected chi connectivity index (χ0v) is 10.7. The third kappa shape index (κ3) is 2.61. The van der Waals surface area contributed by atoms with E-state index in [9.17, 15) is 4.79 Å². The molecule has 100 valence electrons. The molecule has 1 amide bonds. The number of hydrogen-bond donors (Lipinski definition) is 1. The van der Waals surface area contributed by atoms with Crippen LogP contribution in [0.1, 0.15) is 16.2 Å². The van der Waals surface area contributed by atoms with Gasteiger partial charge in [0.1, 0.15) is 17.8 Å². The van der Waals surface area contributed by atoms with Crippen LogP contribution in [0.3, 0.4) is 0 Å². The van der Waals surface area contributed by atoms with E-state index < -0.39 is 0 Å². The molecule has 5 heteroatoms. The summed E-state index contributed by atoms with van der Waals surface area (Å²) in [6, 6.07) is 13.3. The maximum atomic E-state index is 12.0. The molecule has 20 heavy (non-hydrogen) atoms. The summed E-state index contributed by atoms with van der Waals surface area (Å²) in [5, 5.41) is 2.76. The highest BCUT2D eigenvalue weighted by Gasteiger charge is 2.10. The Kier molecular flexibility index (Phi) is 3.33. The highest BCUT2D eigenvalue weighted by Crippen LogP contribution is 2.08.